The maximum absolute atomic E-state index is 11.4. The molecule has 1 aliphatic rings. The Bertz CT molecular complexity index is 443. The van der Waals surface area contributed by atoms with Crippen molar-refractivity contribution in [2.75, 3.05) is 31.7 Å². The predicted octanol–water partition coefficient (Wildman–Crippen LogP) is 2.18. The van der Waals surface area contributed by atoms with Gasteiger partial charge in [0, 0.05) is 0 Å². The highest BCUT2D eigenvalue weighted by molar-refractivity contribution is 5.77. The number of fused-ring (bicyclic) bond motifs is 1. The van der Waals surface area contributed by atoms with Crippen molar-refractivity contribution < 1.29 is 14.3 Å². The number of carbonyl (C=O) groups is 1. The standard InChI is InChI=1S/C14H19NO3/c1-10(2)11-4-5-12-13(8-11)18-7-6-15(12)9-14(16)17-3/h4-5,8,10H,6-7,9H2,1-3H3. The molecule has 1 heterocycles. The lowest BCUT2D eigenvalue weighted by atomic mass is 10.0. The third-order valence-electron chi connectivity index (χ3n) is 3.16. The van der Waals surface area contributed by atoms with E-state index in [9.17, 15) is 4.79 Å². The molecule has 0 aromatic heterocycles. The van der Waals surface area contributed by atoms with Crippen molar-refractivity contribution in [2.45, 2.75) is 19.8 Å². The van der Waals surface area contributed by atoms with E-state index in [-0.39, 0.29) is 12.5 Å². The third-order valence-corrected chi connectivity index (χ3v) is 3.16. The Morgan fingerprint density at radius 1 is 1.50 bits per heavy atom. The van der Waals surface area contributed by atoms with Crippen LogP contribution in [-0.2, 0) is 9.53 Å². The van der Waals surface area contributed by atoms with Gasteiger partial charge in [-0.1, -0.05) is 19.9 Å². The molecule has 0 saturated heterocycles. The fourth-order valence-corrected chi connectivity index (χ4v) is 2.04. The minimum atomic E-state index is -0.226. The minimum Gasteiger partial charge on any atom is -0.490 e. The molecule has 1 aromatic carbocycles. The van der Waals surface area contributed by atoms with Gasteiger partial charge < -0.3 is 14.4 Å². The van der Waals surface area contributed by atoms with E-state index in [0.29, 0.717) is 19.1 Å². The first-order valence-electron chi connectivity index (χ1n) is 6.20. The van der Waals surface area contributed by atoms with E-state index in [2.05, 4.69) is 26.0 Å². The lowest BCUT2D eigenvalue weighted by Crippen LogP contribution is -2.37. The molecule has 0 saturated carbocycles. The smallest absolute Gasteiger partial charge is 0.325 e. The number of rotatable bonds is 3. The lowest BCUT2D eigenvalue weighted by molar-refractivity contribution is -0.139. The van der Waals surface area contributed by atoms with Gasteiger partial charge in [-0.2, -0.15) is 0 Å². The number of hydrogen-bond acceptors (Lipinski definition) is 4. The summed E-state index contributed by atoms with van der Waals surface area (Å²) in [5.74, 6) is 1.10. The van der Waals surface area contributed by atoms with Crippen LogP contribution < -0.4 is 9.64 Å². The first kappa shape index (κ1) is 12.7. The molecule has 0 atom stereocenters. The number of methoxy groups -OCH3 is 1. The van der Waals surface area contributed by atoms with Gasteiger partial charge in [0.05, 0.1) is 19.3 Å². The van der Waals surface area contributed by atoms with Gasteiger partial charge in [-0.15, -0.1) is 0 Å². The number of anilines is 1. The summed E-state index contributed by atoms with van der Waals surface area (Å²) in [5, 5.41) is 0. The predicted molar refractivity (Wildman–Crippen MR) is 70.3 cm³/mol. The first-order valence-corrected chi connectivity index (χ1v) is 6.20. The van der Waals surface area contributed by atoms with Gasteiger partial charge in [0.1, 0.15) is 18.9 Å². The zero-order chi connectivity index (χ0) is 13.1. The van der Waals surface area contributed by atoms with Crippen LogP contribution in [0.5, 0.6) is 5.75 Å². The minimum absolute atomic E-state index is 0.226. The molecule has 1 aliphatic heterocycles. The van der Waals surface area contributed by atoms with Gasteiger partial charge in [0.15, 0.2) is 0 Å². The molecule has 2 rings (SSSR count). The van der Waals surface area contributed by atoms with Gasteiger partial charge in [0.25, 0.3) is 0 Å². The second kappa shape index (κ2) is 5.29. The normalized spacial score (nSPS) is 14.1. The number of carbonyl (C=O) groups excluding carboxylic acids is 1. The number of benzene rings is 1. The molecule has 0 unspecified atom stereocenters. The van der Waals surface area contributed by atoms with Crippen LogP contribution in [0.25, 0.3) is 0 Å². The highest BCUT2D eigenvalue weighted by atomic mass is 16.5. The molecule has 0 aliphatic carbocycles. The Balaban J connectivity index is 2.24. The zero-order valence-electron chi connectivity index (χ0n) is 11.1. The molecule has 98 valence electrons. The Morgan fingerprint density at radius 3 is 2.94 bits per heavy atom. The molecule has 0 bridgehead atoms. The molecular weight excluding hydrogens is 230 g/mol. The fourth-order valence-electron chi connectivity index (χ4n) is 2.04. The Labute approximate surface area is 107 Å². The molecule has 0 amide bonds. The average Bonchev–Trinajstić information content (AvgIpc) is 2.38. The van der Waals surface area contributed by atoms with E-state index < -0.39 is 0 Å². The van der Waals surface area contributed by atoms with Crippen molar-refractivity contribution in [2.24, 2.45) is 0 Å². The summed E-state index contributed by atoms with van der Waals surface area (Å²) < 4.78 is 10.4. The van der Waals surface area contributed by atoms with E-state index in [1.807, 2.05) is 11.0 Å². The Hall–Kier alpha value is -1.71. The van der Waals surface area contributed by atoms with Crippen LogP contribution in [0.15, 0.2) is 18.2 Å². The maximum atomic E-state index is 11.4. The number of ether oxygens (including phenoxy) is 2. The fraction of sp³-hybridized carbons (Fsp3) is 0.500. The monoisotopic (exact) mass is 249 g/mol. The van der Waals surface area contributed by atoms with Crippen molar-refractivity contribution >= 4 is 11.7 Å². The van der Waals surface area contributed by atoms with Crippen molar-refractivity contribution in [3.05, 3.63) is 23.8 Å². The number of nitrogens with zero attached hydrogens (tertiary/aromatic N) is 1. The molecule has 0 N–H and O–H groups in total. The second-order valence-electron chi connectivity index (χ2n) is 4.73. The van der Waals surface area contributed by atoms with Crippen molar-refractivity contribution in [1.82, 2.24) is 0 Å². The van der Waals surface area contributed by atoms with E-state index in [1.54, 1.807) is 0 Å². The van der Waals surface area contributed by atoms with Gasteiger partial charge >= 0.3 is 5.97 Å². The summed E-state index contributed by atoms with van der Waals surface area (Å²) in [5.41, 5.74) is 2.21. The van der Waals surface area contributed by atoms with Crippen LogP contribution in [0.4, 0.5) is 5.69 Å². The van der Waals surface area contributed by atoms with Crippen LogP contribution in [0.2, 0.25) is 0 Å². The zero-order valence-corrected chi connectivity index (χ0v) is 11.1. The van der Waals surface area contributed by atoms with Crippen LogP contribution in [-0.4, -0.2) is 32.8 Å². The molecule has 1 aromatic rings. The highest BCUT2D eigenvalue weighted by Crippen LogP contribution is 2.34. The Morgan fingerprint density at radius 2 is 2.28 bits per heavy atom. The average molecular weight is 249 g/mol. The summed E-state index contributed by atoms with van der Waals surface area (Å²) in [4.78, 5) is 13.4. The topological polar surface area (TPSA) is 38.8 Å². The number of esters is 1. The molecule has 0 spiro atoms. The van der Waals surface area contributed by atoms with Gasteiger partial charge in [0.2, 0.25) is 0 Å². The van der Waals surface area contributed by atoms with Gasteiger partial charge in [-0.05, 0) is 23.6 Å². The summed E-state index contributed by atoms with van der Waals surface area (Å²) in [7, 11) is 1.41. The maximum Gasteiger partial charge on any atom is 0.325 e. The van der Waals surface area contributed by atoms with E-state index in [0.717, 1.165) is 11.4 Å². The summed E-state index contributed by atoms with van der Waals surface area (Å²) in [6, 6.07) is 6.17. The van der Waals surface area contributed by atoms with Crippen molar-refractivity contribution in [3.8, 4) is 5.75 Å². The van der Waals surface area contributed by atoms with Crippen molar-refractivity contribution in [3.63, 3.8) is 0 Å². The highest BCUT2D eigenvalue weighted by Gasteiger charge is 2.21. The van der Waals surface area contributed by atoms with Gasteiger partial charge in [-0.25, -0.2) is 0 Å². The first-order chi connectivity index (χ1) is 8.61. The Kier molecular flexibility index (Phi) is 3.75. The number of hydrogen-bond donors (Lipinski definition) is 0. The van der Waals surface area contributed by atoms with Crippen LogP contribution in [0.3, 0.4) is 0 Å². The summed E-state index contributed by atoms with van der Waals surface area (Å²) in [6.07, 6.45) is 0. The van der Waals surface area contributed by atoms with E-state index >= 15 is 0 Å². The van der Waals surface area contributed by atoms with Gasteiger partial charge in [-0.3, -0.25) is 4.79 Å². The third kappa shape index (κ3) is 2.58. The molecule has 18 heavy (non-hydrogen) atoms. The SMILES string of the molecule is COC(=O)CN1CCOc2cc(C(C)C)ccc21. The van der Waals surface area contributed by atoms with E-state index in [1.165, 1.54) is 12.7 Å². The lowest BCUT2D eigenvalue weighted by Gasteiger charge is -2.30. The van der Waals surface area contributed by atoms with Crippen LogP contribution >= 0.6 is 0 Å². The molecule has 0 fully saturated rings. The molecular formula is C14H19NO3. The molecule has 4 nitrogen and oxygen atoms in total. The molecule has 0 radical (unpaired) electrons. The largest absolute Gasteiger partial charge is 0.490 e. The van der Waals surface area contributed by atoms with E-state index in [4.69, 9.17) is 9.47 Å². The van der Waals surface area contributed by atoms with Crippen LogP contribution in [0, 0.1) is 0 Å². The van der Waals surface area contributed by atoms with Crippen molar-refractivity contribution in [1.29, 1.82) is 0 Å². The summed E-state index contributed by atoms with van der Waals surface area (Å²) >= 11 is 0. The summed E-state index contributed by atoms with van der Waals surface area (Å²) in [6.45, 7) is 5.89. The quantitative estimate of drug-likeness (QED) is 0.770. The van der Waals surface area contributed by atoms with Crippen LogP contribution in [0.1, 0.15) is 25.3 Å². The second-order valence-corrected chi connectivity index (χ2v) is 4.73. The molecule has 4 heteroatoms.